The Morgan fingerprint density at radius 3 is 3.06 bits per heavy atom. The lowest BCUT2D eigenvalue weighted by atomic mass is 10.2. The van der Waals surface area contributed by atoms with Gasteiger partial charge in [0.25, 0.3) is 0 Å². The lowest BCUT2D eigenvalue weighted by Crippen LogP contribution is -2.30. The second-order valence-electron chi connectivity index (χ2n) is 3.81. The predicted molar refractivity (Wildman–Crippen MR) is 61.8 cm³/mol. The van der Waals surface area contributed by atoms with Gasteiger partial charge < -0.3 is 16.2 Å². The van der Waals surface area contributed by atoms with Crippen LogP contribution in [0.25, 0.3) is 0 Å². The van der Waals surface area contributed by atoms with Gasteiger partial charge in [-0.05, 0) is 12.8 Å². The summed E-state index contributed by atoms with van der Waals surface area (Å²) in [7, 11) is 0. The van der Waals surface area contributed by atoms with Gasteiger partial charge in [-0.3, -0.25) is 4.79 Å². The SMILES string of the molecule is CCC(O)CCNC(=O)Cn1cc(CN)nn1. The Hall–Kier alpha value is -1.47. The molecule has 1 amide bonds. The summed E-state index contributed by atoms with van der Waals surface area (Å²) in [6, 6.07) is 0. The smallest absolute Gasteiger partial charge is 0.241 e. The van der Waals surface area contributed by atoms with E-state index < -0.39 is 0 Å². The van der Waals surface area contributed by atoms with E-state index in [0.717, 1.165) is 0 Å². The summed E-state index contributed by atoms with van der Waals surface area (Å²) in [5, 5.41) is 19.5. The Morgan fingerprint density at radius 1 is 1.71 bits per heavy atom. The van der Waals surface area contributed by atoms with Gasteiger partial charge in [-0.15, -0.1) is 5.10 Å². The molecule has 1 aromatic heterocycles. The summed E-state index contributed by atoms with van der Waals surface area (Å²) in [5.74, 6) is -0.151. The Labute approximate surface area is 100.0 Å². The molecule has 0 bridgehead atoms. The first-order chi connectivity index (χ1) is 8.15. The van der Waals surface area contributed by atoms with Crippen molar-refractivity contribution in [2.75, 3.05) is 6.54 Å². The van der Waals surface area contributed by atoms with Crippen LogP contribution in [0.1, 0.15) is 25.5 Å². The molecule has 0 aliphatic rings. The molecule has 0 aliphatic carbocycles. The van der Waals surface area contributed by atoms with Crippen LogP contribution in [0.3, 0.4) is 0 Å². The minimum absolute atomic E-state index is 0.120. The third kappa shape index (κ3) is 4.92. The van der Waals surface area contributed by atoms with Crippen LogP contribution >= 0.6 is 0 Å². The molecule has 4 N–H and O–H groups in total. The number of carbonyl (C=O) groups excluding carboxylic acids is 1. The first kappa shape index (κ1) is 13.6. The minimum atomic E-state index is -0.356. The third-order valence-corrected chi connectivity index (χ3v) is 2.37. The second-order valence-corrected chi connectivity index (χ2v) is 3.81. The van der Waals surface area contributed by atoms with Gasteiger partial charge in [0, 0.05) is 13.1 Å². The van der Waals surface area contributed by atoms with Gasteiger partial charge in [0.05, 0.1) is 18.0 Å². The zero-order valence-corrected chi connectivity index (χ0v) is 9.96. The fourth-order valence-corrected chi connectivity index (χ4v) is 1.29. The topological polar surface area (TPSA) is 106 Å². The molecule has 0 aromatic carbocycles. The number of rotatable bonds is 7. The van der Waals surface area contributed by atoms with Crippen molar-refractivity contribution in [3.05, 3.63) is 11.9 Å². The summed E-state index contributed by atoms with van der Waals surface area (Å²) in [4.78, 5) is 11.5. The number of nitrogens with two attached hydrogens (primary N) is 1. The van der Waals surface area contributed by atoms with Crippen LogP contribution < -0.4 is 11.1 Å². The number of aliphatic hydroxyl groups is 1. The van der Waals surface area contributed by atoms with Crippen LogP contribution in [0, 0.1) is 0 Å². The maximum absolute atomic E-state index is 11.5. The van der Waals surface area contributed by atoms with Crippen LogP contribution in [-0.4, -0.2) is 38.7 Å². The van der Waals surface area contributed by atoms with E-state index in [2.05, 4.69) is 15.6 Å². The molecule has 7 nitrogen and oxygen atoms in total. The van der Waals surface area contributed by atoms with E-state index in [-0.39, 0.29) is 18.6 Å². The molecule has 1 atom stereocenters. The number of aromatic nitrogens is 3. The molecule has 0 saturated carbocycles. The average Bonchev–Trinajstić information content (AvgIpc) is 2.76. The molecule has 1 rings (SSSR count). The Kier molecular flexibility index (Phi) is 5.58. The zero-order valence-electron chi connectivity index (χ0n) is 9.96. The highest BCUT2D eigenvalue weighted by molar-refractivity contribution is 5.75. The summed E-state index contributed by atoms with van der Waals surface area (Å²) >= 11 is 0. The number of aliphatic hydroxyl groups excluding tert-OH is 1. The summed E-state index contributed by atoms with van der Waals surface area (Å²) < 4.78 is 1.44. The Balaban J connectivity index is 2.25. The molecule has 96 valence electrons. The summed E-state index contributed by atoms with van der Waals surface area (Å²) in [6.45, 7) is 2.79. The first-order valence-corrected chi connectivity index (χ1v) is 5.69. The van der Waals surface area contributed by atoms with Crippen molar-refractivity contribution in [1.29, 1.82) is 0 Å². The summed E-state index contributed by atoms with van der Waals surface area (Å²) in [5.41, 5.74) is 6.03. The molecule has 0 aliphatic heterocycles. The fraction of sp³-hybridized carbons (Fsp3) is 0.700. The van der Waals surface area contributed by atoms with E-state index in [0.29, 0.717) is 31.6 Å². The van der Waals surface area contributed by atoms with E-state index in [4.69, 9.17) is 5.73 Å². The number of hydrogen-bond donors (Lipinski definition) is 3. The number of nitrogens with one attached hydrogen (secondary N) is 1. The molecular weight excluding hydrogens is 222 g/mol. The maximum Gasteiger partial charge on any atom is 0.241 e. The normalized spacial score (nSPS) is 12.4. The fourth-order valence-electron chi connectivity index (χ4n) is 1.29. The predicted octanol–water partition coefficient (Wildman–Crippen LogP) is -0.986. The van der Waals surface area contributed by atoms with Gasteiger partial charge >= 0.3 is 0 Å². The number of hydrogen-bond acceptors (Lipinski definition) is 5. The number of carbonyl (C=O) groups is 1. The van der Waals surface area contributed by atoms with E-state index in [1.807, 2.05) is 6.92 Å². The van der Waals surface area contributed by atoms with Crippen LogP contribution in [0.5, 0.6) is 0 Å². The van der Waals surface area contributed by atoms with Gasteiger partial charge in [-0.25, -0.2) is 4.68 Å². The molecule has 0 fully saturated rings. The molecule has 0 saturated heterocycles. The molecule has 1 heterocycles. The number of amides is 1. The molecule has 0 spiro atoms. The van der Waals surface area contributed by atoms with Crippen LogP contribution in [-0.2, 0) is 17.9 Å². The Bertz CT molecular complexity index is 352. The lowest BCUT2D eigenvalue weighted by molar-refractivity contribution is -0.121. The van der Waals surface area contributed by atoms with Crippen molar-refractivity contribution in [3.63, 3.8) is 0 Å². The van der Waals surface area contributed by atoms with Crippen LogP contribution in [0.4, 0.5) is 0 Å². The average molecular weight is 241 g/mol. The maximum atomic E-state index is 11.5. The van der Waals surface area contributed by atoms with Gasteiger partial charge in [0.15, 0.2) is 0 Å². The monoisotopic (exact) mass is 241 g/mol. The molecule has 1 unspecified atom stereocenters. The molecule has 0 radical (unpaired) electrons. The Morgan fingerprint density at radius 2 is 2.47 bits per heavy atom. The van der Waals surface area contributed by atoms with Crippen molar-refractivity contribution in [2.24, 2.45) is 5.73 Å². The van der Waals surface area contributed by atoms with Crippen molar-refractivity contribution in [3.8, 4) is 0 Å². The van der Waals surface area contributed by atoms with Gasteiger partial charge in [-0.2, -0.15) is 0 Å². The number of nitrogens with zero attached hydrogens (tertiary/aromatic N) is 3. The van der Waals surface area contributed by atoms with Crippen molar-refractivity contribution >= 4 is 5.91 Å². The van der Waals surface area contributed by atoms with Gasteiger partial charge in [0.1, 0.15) is 6.54 Å². The summed E-state index contributed by atoms with van der Waals surface area (Å²) in [6.07, 6.45) is 2.54. The standard InChI is InChI=1S/C10H19N5O2/c1-2-9(16)3-4-12-10(17)7-15-6-8(5-11)13-14-15/h6,9,16H,2-5,7,11H2,1H3,(H,12,17). The second kappa shape index (κ2) is 6.97. The van der Waals surface area contributed by atoms with E-state index in [9.17, 15) is 9.90 Å². The first-order valence-electron chi connectivity index (χ1n) is 5.69. The quantitative estimate of drug-likeness (QED) is 0.568. The zero-order chi connectivity index (χ0) is 12.7. The highest BCUT2D eigenvalue weighted by Gasteiger charge is 2.06. The van der Waals surface area contributed by atoms with Crippen molar-refractivity contribution < 1.29 is 9.90 Å². The van der Waals surface area contributed by atoms with Gasteiger partial charge in [-0.1, -0.05) is 12.1 Å². The lowest BCUT2D eigenvalue weighted by Gasteiger charge is -2.08. The van der Waals surface area contributed by atoms with Crippen molar-refractivity contribution in [2.45, 2.75) is 39.0 Å². The van der Waals surface area contributed by atoms with E-state index in [1.165, 1.54) is 4.68 Å². The highest BCUT2D eigenvalue weighted by atomic mass is 16.3. The highest BCUT2D eigenvalue weighted by Crippen LogP contribution is 1.95. The largest absolute Gasteiger partial charge is 0.393 e. The molecular formula is C10H19N5O2. The minimum Gasteiger partial charge on any atom is -0.393 e. The van der Waals surface area contributed by atoms with Crippen LogP contribution in [0.15, 0.2) is 6.20 Å². The molecule has 7 heteroatoms. The molecule has 17 heavy (non-hydrogen) atoms. The van der Waals surface area contributed by atoms with Crippen molar-refractivity contribution in [1.82, 2.24) is 20.3 Å². The van der Waals surface area contributed by atoms with Gasteiger partial charge in [0.2, 0.25) is 5.91 Å². The third-order valence-electron chi connectivity index (χ3n) is 2.37. The van der Waals surface area contributed by atoms with E-state index in [1.54, 1.807) is 6.20 Å². The van der Waals surface area contributed by atoms with E-state index >= 15 is 0 Å². The van der Waals surface area contributed by atoms with Crippen LogP contribution in [0.2, 0.25) is 0 Å². The molecule has 1 aromatic rings.